The molecule has 0 amide bonds. The van der Waals surface area contributed by atoms with Crippen molar-refractivity contribution >= 4 is 59.0 Å². The van der Waals surface area contributed by atoms with Crippen LogP contribution in [0.25, 0.3) is 0 Å². The smallest absolute Gasteiger partial charge is 0.246 e. The van der Waals surface area contributed by atoms with E-state index in [1.165, 1.54) is 15.6 Å². The maximum Gasteiger partial charge on any atom is 0.246 e. The third kappa shape index (κ3) is 3.84. The molecule has 0 aromatic carbocycles. The fraction of sp³-hybridized carbons (Fsp3) is 0.250. The molecular formula is C12H13Br2N3O2S2. The summed E-state index contributed by atoms with van der Waals surface area (Å²) >= 11 is 8.16. The molecule has 2 aromatic rings. The number of nitrogens with zero attached hydrogens (tertiary/aromatic N) is 2. The first-order valence-electron chi connectivity index (χ1n) is 5.87. The molecule has 2 heterocycles. The molecule has 0 aliphatic carbocycles. The van der Waals surface area contributed by atoms with Gasteiger partial charge in [0.25, 0.3) is 0 Å². The van der Waals surface area contributed by atoms with Crippen LogP contribution in [0.2, 0.25) is 0 Å². The van der Waals surface area contributed by atoms with Gasteiger partial charge in [-0.1, -0.05) is 0 Å². The average molecular weight is 455 g/mol. The van der Waals surface area contributed by atoms with Gasteiger partial charge in [0.1, 0.15) is 10.7 Å². The fourth-order valence-electron chi connectivity index (χ4n) is 1.74. The van der Waals surface area contributed by atoms with E-state index in [1.54, 1.807) is 26.4 Å². The SMILES string of the molecule is CNc1ncc(Br)cc1S(=O)(=O)N(C)Cc1csc(Br)c1. The van der Waals surface area contributed by atoms with Gasteiger partial charge in [0.15, 0.2) is 0 Å². The second kappa shape index (κ2) is 6.74. The molecule has 0 saturated carbocycles. The third-order valence-corrected chi connectivity index (χ3v) is 6.58. The lowest BCUT2D eigenvalue weighted by molar-refractivity contribution is 0.467. The van der Waals surface area contributed by atoms with Crippen molar-refractivity contribution in [2.24, 2.45) is 0 Å². The van der Waals surface area contributed by atoms with E-state index < -0.39 is 10.0 Å². The van der Waals surface area contributed by atoms with Crippen molar-refractivity contribution in [2.75, 3.05) is 19.4 Å². The lowest BCUT2D eigenvalue weighted by Gasteiger charge is -2.18. The second-order valence-electron chi connectivity index (χ2n) is 4.27. The summed E-state index contributed by atoms with van der Waals surface area (Å²) in [5.74, 6) is 0.330. The Labute approximate surface area is 144 Å². The number of rotatable bonds is 5. The quantitative estimate of drug-likeness (QED) is 0.750. The molecule has 5 nitrogen and oxygen atoms in total. The maximum absolute atomic E-state index is 12.7. The summed E-state index contributed by atoms with van der Waals surface area (Å²) in [4.78, 5) is 4.24. The minimum absolute atomic E-state index is 0.149. The molecule has 0 aliphatic heterocycles. The molecule has 0 saturated heterocycles. The molecule has 2 aromatic heterocycles. The van der Waals surface area contributed by atoms with Gasteiger partial charge in [-0.15, -0.1) is 11.3 Å². The summed E-state index contributed by atoms with van der Waals surface area (Å²) in [6.07, 6.45) is 1.56. The first kappa shape index (κ1) is 16.9. The Morgan fingerprint density at radius 1 is 1.38 bits per heavy atom. The zero-order valence-electron chi connectivity index (χ0n) is 11.3. The van der Waals surface area contributed by atoms with Crippen LogP contribution in [-0.4, -0.2) is 31.8 Å². The number of anilines is 1. The average Bonchev–Trinajstić information content (AvgIpc) is 2.84. The maximum atomic E-state index is 12.7. The minimum Gasteiger partial charge on any atom is -0.372 e. The van der Waals surface area contributed by atoms with E-state index in [0.717, 1.165) is 9.35 Å². The summed E-state index contributed by atoms with van der Waals surface area (Å²) in [6, 6.07) is 3.46. The van der Waals surface area contributed by atoms with Gasteiger partial charge < -0.3 is 5.32 Å². The Hall–Kier alpha value is -0.480. The van der Waals surface area contributed by atoms with Crippen LogP contribution in [0.15, 0.2) is 36.9 Å². The van der Waals surface area contributed by atoms with Gasteiger partial charge in [-0.05, 0) is 54.9 Å². The Balaban J connectivity index is 2.35. The Kier molecular flexibility index (Phi) is 5.42. The van der Waals surface area contributed by atoms with Crippen molar-refractivity contribution in [3.63, 3.8) is 0 Å². The molecule has 0 fully saturated rings. The first-order chi connectivity index (χ1) is 9.84. The Morgan fingerprint density at radius 3 is 2.67 bits per heavy atom. The van der Waals surface area contributed by atoms with E-state index in [-0.39, 0.29) is 4.90 Å². The molecule has 114 valence electrons. The van der Waals surface area contributed by atoms with Crippen LogP contribution in [0.4, 0.5) is 5.82 Å². The van der Waals surface area contributed by atoms with E-state index in [9.17, 15) is 8.42 Å². The molecule has 0 spiro atoms. The summed E-state index contributed by atoms with van der Waals surface area (Å²) < 4.78 is 28.3. The number of thiophene rings is 1. The number of aromatic nitrogens is 1. The van der Waals surface area contributed by atoms with Crippen LogP contribution in [0.5, 0.6) is 0 Å². The molecule has 9 heteroatoms. The lowest BCUT2D eigenvalue weighted by Crippen LogP contribution is -2.27. The highest BCUT2D eigenvalue weighted by atomic mass is 79.9. The zero-order valence-corrected chi connectivity index (χ0v) is 16.1. The lowest BCUT2D eigenvalue weighted by atomic mass is 10.3. The van der Waals surface area contributed by atoms with Crippen molar-refractivity contribution in [1.82, 2.24) is 9.29 Å². The van der Waals surface area contributed by atoms with E-state index in [4.69, 9.17) is 0 Å². The first-order valence-corrected chi connectivity index (χ1v) is 9.77. The van der Waals surface area contributed by atoms with E-state index in [0.29, 0.717) is 16.8 Å². The van der Waals surface area contributed by atoms with Gasteiger partial charge in [0, 0.05) is 31.3 Å². The van der Waals surface area contributed by atoms with Crippen molar-refractivity contribution < 1.29 is 8.42 Å². The molecule has 21 heavy (non-hydrogen) atoms. The highest BCUT2D eigenvalue weighted by molar-refractivity contribution is 9.11. The predicted molar refractivity (Wildman–Crippen MR) is 92.2 cm³/mol. The molecule has 0 aliphatic rings. The van der Waals surface area contributed by atoms with Gasteiger partial charge in [-0.3, -0.25) is 0 Å². The summed E-state index contributed by atoms with van der Waals surface area (Å²) in [5.41, 5.74) is 0.937. The predicted octanol–water partition coefficient (Wildman–Crippen LogP) is 3.53. The number of pyridine rings is 1. The van der Waals surface area contributed by atoms with Crippen LogP contribution in [0, 0.1) is 0 Å². The number of nitrogens with one attached hydrogen (secondary N) is 1. The van der Waals surface area contributed by atoms with Gasteiger partial charge >= 0.3 is 0 Å². The van der Waals surface area contributed by atoms with Crippen LogP contribution in [-0.2, 0) is 16.6 Å². The second-order valence-corrected chi connectivity index (χ2v) is 9.49. The van der Waals surface area contributed by atoms with Gasteiger partial charge in [-0.25, -0.2) is 13.4 Å². The Morgan fingerprint density at radius 2 is 2.10 bits per heavy atom. The number of hydrogen-bond donors (Lipinski definition) is 1. The third-order valence-electron chi connectivity index (χ3n) is 2.77. The monoisotopic (exact) mass is 453 g/mol. The van der Waals surface area contributed by atoms with E-state index in [1.807, 2.05) is 11.4 Å². The Bertz CT molecular complexity index is 747. The van der Waals surface area contributed by atoms with E-state index >= 15 is 0 Å². The summed E-state index contributed by atoms with van der Waals surface area (Å²) in [6.45, 7) is 0.306. The van der Waals surface area contributed by atoms with Crippen LogP contribution in [0.1, 0.15) is 5.56 Å². The largest absolute Gasteiger partial charge is 0.372 e. The van der Waals surface area contributed by atoms with Crippen molar-refractivity contribution in [3.05, 3.63) is 37.5 Å². The normalized spacial score (nSPS) is 11.9. The van der Waals surface area contributed by atoms with Crippen LogP contribution >= 0.6 is 43.2 Å². The number of sulfonamides is 1. The zero-order chi connectivity index (χ0) is 15.6. The number of hydrogen-bond acceptors (Lipinski definition) is 5. The molecule has 0 bridgehead atoms. The summed E-state index contributed by atoms with van der Waals surface area (Å²) in [5, 5.41) is 4.73. The molecule has 0 radical (unpaired) electrons. The van der Waals surface area contributed by atoms with Gasteiger partial charge in [0.05, 0.1) is 3.79 Å². The molecular weight excluding hydrogens is 442 g/mol. The van der Waals surface area contributed by atoms with Crippen LogP contribution in [0.3, 0.4) is 0 Å². The molecule has 0 unspecified atom stereocenters. The molecule has 1 N–H and O–H groups in total. The van der Waals surface area contributed by atoms with Gasteiger partial charge in [-0.2, -0.15) is 4.31 Å². The van der Waals surface area contributed by atoms with Gasteiger partial charge in [0.2, 0.25) is 10.0 Å². The number of halogens is 2. The topological polar surface area (TPSA) is 62.3 Å². The van der Waals surface area contributed by atoms with E-state index in [2.05, 4.69) is 42.2 Å². The van der Waals surface area contributed by atoms with Crippen molar-refractivity contribution in [1.29, 1.82) is 0 Å². The van der Waals surface area contributed by atoms with Crippen molar-refractivity contribution in [2.45, 2.75) is 11.4 Å². The highest BCUT2D eigenvalue weighted by Gasteiger charge is 2.25. The summed E-state index contributed by atoms with van der Waals surface area (Å²) in [7, 11) is -0.425. The fourth-order valence-corrected chi connectivity index (χ4v) is 4.76. The van der Waals surface area contributed by atoms with Crippen molar-refractivity contribution in [3.8, 4) is 0 Å². The minimum atomic E-state index is -3.63. The van der Waals surface area contributed by atoms with Crippen LogP contribution < -0.4 is 5.32 Å². The molecule has 0 atom stereocenters. The molecule has 2 rings (SSSR count). The highest BCUT2D eigenvalue weighted by Crippen LogP contribution is 2.27. The standard InChI is InChI=1S/C12H13Br2N3O2S2/c1-15-12-10(4-9(13)5-16-12)21(18,19)17(2)6-8-3-11(14)20-7-8/h3-5,7H,6H2,1-2H3,(H,15,16).